The van der Waals surface area contributed by atoms with Crippen LogP contribution in [0, 0.1) is 0 Å². The summed E-state index contributed by atoms with van der Waals surface area (Å²) >= 11 is 4.61. The Bertz CT molecular complexity index is 692. The van der Waals surface area contributed by atoms with Gasteiger partial charge in [-0.1, -0.05) is 6.07 Å². The average Bonchev–Trinajstić information content (AvgIpc) is 3.15. The molecular formula is C15H16N2O2S3. The molecule has 2 aromatic rings. The van der Waals surface area contributed by atoms with Crippen molar-refractivity contribution in [3.63, 3.8) is 0 Å². The summed E-state index contributed by atoms with van der Waals surface area (Å²) in [6.45, 7) is 0. The number of fused-ring (bicyclic) bond motifs is 1. The predicted molar refractivity (Wildman–Crippen MR) is 93.4 cm³/mol. The van der Waals surface area contributed by atoms with Crippen LogP contribution in [0.15, 0.2) is 26.8 Å². The van der Waals surface area contributed by atoms with E-state index in [1.807, 2.05) is 23.8 Å². The van der Waals surface area contributed by atoms with Crippen molar-refractivity contribution in [1.29, 1.82) is 0 Å². The second-order valence-electron chi connectivity index (χ2n) is 4.94. The van der Waals surface area contributed by atoms with Crippen LogP contribution in [0.1, 0.15) is 44.6 Å². The highest BCUT2D eigenvalue weighted by Crippen LogP contribution is 2.43. The van der Waals surface area contributed by atoms with Crippen LogP contribution in [0.5, 0.6) is 0 Å². The minimum Gasteiger partial charge on any atom is -0.388 e. The van der Waals surface area contributed by atoms with E-state index in [1.54, 1.807) is 29.3 Å². The van der Waals surface area contributed by atoms with Crippen molar-refractivity contribution in [3.05, 3.63) is 38.4 Å². The second-order valence-corrected chi connectivity index (χ2v) is 8.01. The van der Waals surface area contributed by atoms with Gasteiger partial charge >= 0.3 is 0 Å². The number of amides is 1. The lowest BCUT2D eigenvalue weighted by atomic mass is 9.91. The molecule has 0 aromatic carbocycles. The van der Waals surface area contributed by atoms with Gasteiger partial charge in [0.15, 0.2) is 0 Å². The number of aliphatic hydroxyl groups excluding tert-OH is 1. The zero-order valence-electron chi connectivity index (χ0n) is 12.0. The molecular weight excluding hydrogens is 336 g/mol. The van der Waals surface area contributed by atoms with E-state index in [0.29, 0.717) is 4.88 Å². The molecule has 116 valence electrons. The number of nitrogens with zero attached hydrogens (tertiary/aromatic N) is 1. The summed E-state index contributed by atoms with van der Waals surface area (Å²) in [6.07, 6.45) is 5.71. The van der Waals surface area contributed by atoms with Gasteiger partial charge < -0.3 is 5.11 Å². The third-order valence-corrected chi connectivity index (χ3v) is 6.73. The molecule has 22 heavy (non-hydrogen) atoms. The molecule has 0 saturated carbocycles. The summed E-state index contributed by atoms with van der Waals surface area (Å²) in [7, 11) is 0. The number of hydrogen-bond donors (Lipinski definition) is 2. The first-order valence-electron chi connectivity index (χ1n) is 6.95. The van der Waals surface area contributed by atoms with E-state index in [0.717, 1.165) is 39.5 Å². The maximum absolute atomic E-state index is 12.4. The van der Waals surface area contributed by atoms with Crippen molar-refractivity contribution in [1.82, 2.24) is 5.43 Å². The van der Waals surface area contributed by atoms with Gasteiger partial charge in [-0.25, -0.2) is 5.43 Å². The van der Waals surface area contributed by atoms with Crippen LogP contribution in [-0.2, 0) is 6.42 Å². The van der Waals surface area contributed by atoms with Crippen LogP contribution >= 0.6 is 34.4 Å². The first-order valence-corrected chi connectivity index (χ1v) is 9.87. The molecule has 0 saturated heterocycles. The molecule has 0 bridgehead atoms. The minimum absolute atomic E-state index is 0.191. The van der Waals surface area contributed by atoms with Gasteiger partial charge in [-0.15, -0.1) is 34.4 Å². The van der Waals surface area contributed by atoms with Crippen LogP contribution < -0.4 is 5.43 Å². The SMILES string of the molecule is CSc1sc(C(=O)N/N=C\c2cccs2)c2c1[C@@H](O)CCC2. The molecule has 1 aliphatic rings. The highest BCUT2D eigenvalue weighted by Gasteiger charge is 2.29. The Hall–Kier alpha value is -1.15. The third-order valence-electron chi connectivity index (χ3n) is 3.54. The molecule has 2 heterocycles. The van der Waals surface area contributed by atoms with Gasteiger partial charge in [-0.3, -0.25) is 4.79 Å². The van der Waals surface area contributed by atoms with Crippen molar-refractivity contribution < 1.29 is 9.90 Å². The van der Waals surface area contributed by atoms with Gasteiger partial charge in [0.25, 0.3) is 5.91 Å². The van der Waals surface area contributed by atoms with Gasteiger partial charge in [0, 0.05) is 10.4 Å². The summed E-state index contributed by atoms with van der Waals surface area (Å²) in [6, 6.07) is 3.88. The summed E-state index contributed by atoms with van der Waals surface area (Å²) in [5, 5.41) is 16.2. The van der Waals surface area contributed by atoms with Crippen molar-refractivity contribution in [2.45, 2.75) is 29.6 Å². The van der Waals surface area contributed by atoms with E-state index >= 15 is 0 Å². The molecule has 0 radical (unpaired) electrons. The average molecular weight is 353 g/mol. The first-order chi connectivity index (χ1) is 10.7. The minimum atomic E-state index is -0.446. The molecule has 4 nitrogen and oxygen atoms in total. The number of carbonyl (C=O) groups excluding carboxylic acids is 1. The largest absolute Gasteiger partial charge is 0.388 e. The number of rotatable bonds is 4. The Balaban J connectivity index is 1.81. The summed E-state index contributed by atoms with van der Waals surface area (Å²) in [4.78, 5) is 14.1. The van der Waals surface area contributed by atoms with E-state index in [-0.39, 0.29) is 5.91 Å². The zero-order chi connectivity index (χ0) is 15.5. The van der Waals surface area contributed by atoms with Crippen molar-refractivity contribution in [2.75, 3.05) is 6.26 Å². The van der Waals surface area contributed by atoms with Crippen LogP contribution in [0.4, 0.5) is 0 Å². The third kappa shape index (κ3) is 3.12. The quantitative estimate of drug-likeness (QED) is 0.501. The summed E-state index contributed by atoms with van der Waals surface area (Å²) in [5.41, 5.74) is 4.55. The van der Waals surface area contributed by atoms with E-state index in [9.17, 15) is 9.90 Å². The number of thioether (sulfide) groups is 1. The number of thiophene rings is 2. The Kier molecular flexibility index (Phi) is 4.97. The lowest BCUT2D eigenvalue weighted by Crippen LogP contribution is -2.19. The van der Waals surface area contributed by atoms with Gasteiger partial charge in [-0.05, 0) is 42.5 Å². The highest BCUT2D eigenvalue weighted by molar-refractivity contribution is 8.00. The summed E-state index contributed by atoms with van der Waals surface area (Å²) in [5.74, 6) is -0.191. The fourth-order valence-electron chi connectivity index (χ4n) is 2.56. The molecule has 0 unspecified atom stereocenters. The lowest BCUT2D eigenvalue weighted by molar-refractivity contribution is 0.0957. The Morgan fingerprint density at radius 2 is 2.45 bits per heavy atom. The number of hydrazone groups is 1. The van der Waals surface area contributed by atoms with Gasteiger partial charge in [0.05, 0.1) is 21.4 Å². The number of hydrogen-bond acceptors (Lipinski definition) is 6. The highest BCUT2D eigenvalue weighted by atomic mass is 32.2. The maximum atomic E-state index is 12.4. The van der Waals surface area contributed by atoms with Crippen molar-refractivity contribution in [2.24, 2.45) is 5.10 Å². The predicted octanol–water partition coefficient (Wildman–Crippen LogP) is 3.67. The normalized spacial score (nSPS) is 17.6. The van der Waals surface area contributed by atoms with Crippen molar-refractivity contribution in [3.8, 4) is 0 Å². The standard InChI is InChI=1S/C15H16N2O2S3/c1-20-15-12-10(5-2-6-11(12)18)13(22-15)14(19)17-16-8-9-4-3-7-21-9/h3-4,7-8,11,18H,2,5-6H2,1H3,(H,17,19)/b16-8-/t11-/m0/s1. The fourth-order valence-corrected chi connectivity index (χ4v) is 5.24. The molecule has 2 aromatic heterocycles. The van der Waals surface area contributed by atoms with Crippen LogP contribution in [-0.4, -0.2) is 23.5 Å². The number of aliphatic hydroxyl groups is 1. The number of nitrogens with one attached hydrogen (secondary N) is 1. The molecule has 0 fully saturated rings. The summed E-state index contributed by atoms with van der Waals surface area (Å²) < 4.78 is 1.04. The molecule has 0 aliphatic heterocycles. The Morgan fingerprint density at radius 3 is 3.18 bits per heavy atom. The van der Waals surface area contributed by atoms with Crippen LogP contribution in [0.25, 0.3) is 0 Å². The van der Waals surface area contributed by atoms with Gasteiger partial charge in [0.1, 0.15) is 0 Å². The van der Waals surface area contributed by atoms with E-state index in [1.165, 1.54) is 11.3 Å². The molecule has 1 atom stereocenters. The van der Waals surface area contributed by atoms with E-state index in [4.69, 9.17) is 0 Å². The fraction of sp³-hybridized carbons (Fsp3) is 0.333. The van der Waals surface area contributed by atoms with E-state index < -0.39 is 6.10 Å². The monoisotopic (exact) mass is 352 g/mol. The number of carbonyl (C=O) groups is 1. The zero-order valence-corrected chi connectivity index (χ0v) is 14.5. The first kappa shape index (κ1) is 15.7. The molecule has 1 amide bonds. The van der Waals surface area contributed by atoms with Crippen molar-refractivity contribution >= 4 is 46.6 Å². The van der Waals surface area contributed by atoms with Gasteiger partial charge in [0.2, 0.25) is 0 Å². The molecule has 1 aliphatic carbocycles. The lowest BCUT2D eigenvalue weighted by Gasteiger charge is -2.19. The van der Waals surface area contributed by atoms with Crippen LogP contribution in [0.2, 0.25) is 0 Å². The maximum Gasteiger partial charge on any atom is 0.281 e. The van der Waals surface area contributed by atoms with E-state index in [2.05, 4.69) is 10.5 Å². The van der Waals surface area contributed by atoms with Gasteiger partial charge in [-0.2, -0.15) is 5.10 Å². The molecule has 0 spiro atoms. The second kappa shape index (κ2) is 6.95. The molecule has 7 heteroatoms. The van der Waals surface area contributed by atoms with Crippen LogP contribution in [0.3, 0.4) is 0 Å². The Morgan fingerprint density at radius 1 is 1.59 bits per heavy atom. The smallest absolute Gasteiger partial charge is 0.281 e. The Labute approximate surface area is 141 Å². The molecule has 3 rings (SSSR count). The topological polar surface area (TPSA) is 61.7 Å². The molecule has 2 N–H and O–H groups in total.